The molecule has 0 radical (unpaired) electrons. The summed E-state index contributed by atoms with van der Waals surface area (Å²) in [6.07, 6.45) is 1.96. The van der Waals surface area contributed by atoms with Gasteiger partial charge in [0.05, 0.1) is 11.3 Å². The van der Waals surface area contributed by atoms with Crippen LogP contribution in [0.15, 0.2) is 12.3 Å². The second-order valence-electron chi connectivity index (χ2n) is 2.08. The molecule has 1 rings (SSSR count). The minimum Gasteiger partial charge on any atom is -0.258 e. The standard InChI is InChI=1S/C8H7FN2/c1-2-7-8(9)6(5-10)3-4-11-7/h3-4H,2H2,1H3. The summed E-state index contributed by atoms with van der Waals surface area (Å²) in [6, 6.07) is 3.12. The molecule has 0 aliphatic rings. The Balaban J connectivity index is 3.23. The monoisotopic (exact) mass is 150 g/mol. The van der Waals surface area contributed by atoms with Crippen LogP contribution in [0.25, 0.3) is 0 Å². The molecule has 0 N–H and O–H groups in total. The van der Waals surface area contributed by atoms with Crippen molar-refractivity contribution < 1.29 is 4.39 Å². The van der Waals surface area contributed by atoms with Gasteiger partial charge in [-0.2, -0.15) is 5.26 Å². The Morgan fingerprint density at radius 3 is 3.00 bits per heavy atom. The quantitative estimate of drug-likeness (QED) is 0.610. The number of aryl methyl sites for hydroxylation is 1. The molecule has 2 nitrogen and oxygen atoms in total. The van der Waals surface area contributed by atoms with E-state index >= 15 is 0 Å². The zero-order valence-electron chi connectivity index (χ0n) is 6.13. The zero-order valence-corrected chi connectivity index (χ0v) is 6.13. The van der Waals surface area contributed by atoms with Crippen molar-refractivity contribution in [3.63, 3.8) is 0 Å². The normalized spacial score (nSPS) is 9.18. The lowest BCUT2D eigenvalue weighted by Gasteiger charge is -1.97. The minimum atomic E-state index is -0.488. The predicted octanol–water partition coefficient (Wildman–Crippen LogP) is 1.65. The van der Waals surface area contributed by atoms with E-state index in [1.54, 1.807) is 13.0 Å². The van der Waals surface area contributed by atoms with E-state index in [0.29, 0.717) is 12.1 Å². The molecule has 0 unspecified atom stereocenters. The van der Waals surface area contributed by atoms with Crippen LogP contribution >= 0.6 is 0 Å². The first-order valence-corrected chi connectivity index (χ1v) is 3.33. The third-order valence-electron chi connectivity index (χ3n) is 1.42. The topological polar surface area (TPSA) is 36.7 Å². The van der Waals surface area contributed by atoms with Gasteiger partial charge in [0.15, 0.2) is 5.82 Å². The van der Waals surface area contributed by atoms with Gasteiger partial charge in [0.25, 0.3) is 0 Å². The highest BCUT2D eigenvalue weighted by atomic mass is 19.1. The second-order valence-corrected chi connectivity index (χ2v) is 2.08. The molecule has 1 heterocycles. The van der Waals surface area contributed by atoms with E-state index < -0.39 is 5.82 Å². The fourth-order valence-corrected chi connectivity index (χ4v) is 0.820. The van der Waals surface area contributed by atoms with Crippen molar-refractivity contribution in [3.05, 3.63) is 29.3 Å². The van der Waals surface area contributed by atoms with Gasteiger partial charge in [0.1, 0.15) is 6.07 Å². The summed E-state index contributed by atoms with van der Waals surface area (Å²) in [5.74, 6) is -0.488. The lowest BCUT2D eigenvalue weighted by molar-refractivity contribution is 0.598. The summed E-state index contributed by atoms with van der Waals surface area (Å²) in [4.78, 5) is 3.78. The van der Waals surface area contributed by atoms with Gasteiger partial charge in [-0.1, -0.05) is 6.92 Å². The van der Waals surface area contributed by atoms with Crippen LogP contribution in [0.4, 0.5) is 4.39 Å². The third-order valence-corrected chi connectivity index (χ3v) is 1.42. The largest absolute Gasteiger partial charge is 0.258 e. The SMILES string of the molecule is CCc1nccc(C#N)c1F. The Hall–Kier alpha value is -1.43. The van der Waals surface area contributed by atoms with Crippen molar-refractivity contribution in [1.82, 2.24) is 4.98 Å². The molecule has 3 heteroatoms. The highest BCUT2D eigenvalue weighted by Gasteiger charge is 2.05. The maximum atomic E-state index is 13.0. The Kier molecular flexibility index (Phi) is 2.17. The lowest BCUT2D eigenvalue weighted by Crippen LogP contribution is -1.95. The first-order valence-electron chi connectivity index (χ1n) is 3.33. The molecular formula is C8H7FN2. The molecule has 0 aliphatic heterocycles. The van der Waals surface area contributed by atoms with Crippen LogP contribution in [0.5, 0.6) is 0 Å². The molecule has 0 saturated heterocycles. The van der Waals surface area contributed by atoms with Gasteiger partial charge in [-0.05, 0) is 12.5 Å². The second kappa shape index (κ2) is 3.11. The van der Waals surface area contributed by atoms with Gasteiger partial charge in [-0.15, -0.1) is 0 Å². The fraction of sp³-hybridized carbons (Fsp3) is 0.250. The summed E-state index contributed by atoms with van der Waals surface area (Å²) in [5, 5.41) is 8.42. The summed E-state index contributed by atoms with van der Waals surface area (Å²) in [6.45, 7) is 1.80. The Morgan fingerprint density at radius 2 is 2.45 bits per heavy atom. The molecule has 56 valence electrons. The minimum absolute atomic E-state index is 0.0665. The lowest BCUT2D eigenvalue weighted by atomic mass is 10.2. The van der Waals surface area contributed by atoms with E-state index in [4.69, 9.17) is 5.26 Å². The average Bonchev–Trinajstić information content (AvgIpc) is 2.05. The van der Waals surface area contributed by atoms with Crippen LogP contribution in [0.1, 0.15) is 18.2 Å². The molecule has 0 bridgehead atoms. The number of nitrogens with zero attached hydrogens (tertiary/aromatic N) is 2. The molecule has 0 atom stereocenters. The molecule has 1 aromatic rings. The Morgan fingerprint density at radius 1 is 1.73 bits per heavy atom. The van der Waals surface area contributed by atoms with E-state index in [9.17, 15) is 4.39 Å². The molecule has 0 aromatic carbocycles. The van der Waals surface area contributed by atoms with Gasteiger partial charge in [0.2, 0.25) is 0 Å². The zero-order chi connectivity index (χ0) is 8.27. The van der Waals surface area contributed by atoms with Crippen molar-refractivity contribution >= 4 is 0 Å². The van der Waals surface area contributed by atoms with E-state index in [-0.39, 0.29) is 5.56 Å². The van der Waals surface area contributed by atoms with Crippen molar-refractivity contribution in [3.8, 4) is 6.07 Å². The maximum Gasteiger partial charge on any atom is 0.162 e. The van der Waals surface area contributed by atoms with Crippen molar-refractivity contribution in [1.29, 1.82) is 5.26 Å². The van der Waals surface area contributed by atoms with Gasteiger partial charge in [-0.3, -0.25) is 4.98 Å². The number of rotatable bonds is 1. The van der Waals surface area contributed by atoms with Crippen LogP contribution in [-0.2, 0) is 6.42 Å². The number of hydrogen-bond donors (Lipinski definition) is 0. The predicted molar refractivity (Wildman–Crippen MR) is 38.3 cm³/mol. The molecule has 0 aliphatic carbocycles. The van der Waals surface area contributed by atoms with Gasteiger partial charge >= 0.3 is 0 Å². The highest BCUT2D eigenvalue weighted by molar-refractivity contribution is 5.30. The number of nitriles is 1. The number of halogens is 1. The third kappa shape index (κ3) is 1.35. The average molecular weight is 150 g/mol. The first kappa shape index (κ1) is 7.67. The van der Waals surface area contributed by atoms with Gasteiger partial charge in [0, 0.05) is 6.20 Å². The van der Waals surface area contributed by atoms with Gasteiger partial charge < -0.3 is 0 Å². The number of aromatic nitrogens is 1. The van der Waals surface area contributed by atoms with Crippen LogP contribution < -0.4 is 0 Å². The molecule has 0 fully saturated rings. The highest BCUT2D eigenvalue weighted by Crippen LogP contribution is 2.08. The number of hydrogen-bond acceptors (Lipinski definition) is 2. The van der Waals surface area contributed by atoms with E-state index in [1.165, 1.54) is 12.3 Å². The van der Waals surface area contributed by atoms with E-state index in [1.807, 2.05) is 0 Å². The van der Waals surface area contributed by atoms with E-state index in [2.05, 4.69) is 4.98 Å². The molecule has 11 heavy (non-hydrogen) atoms. The van der Waals surface area contributed by atoms with Crippen LogP contribution in [-0.4, -0.2) is 4.98 Å². The Labute approximate surface area is 64.3 Å². The first-order chi connectivity index (χ1) is 5.29. The summed E-state index contributed by atoms with van der Waals surface area (Å²) >= 11 is 0. The van der Waals surface area contributed by atoms with Crippen molar-refractivity contribution in [2.24, 2.45) is 0 Å². The maximum absolute atomic E-state index is 13.0. The fourth-order valence-electron chi connectivity index (χ4n) is 0.820. The van der Waals surface area contributed by atoms with Crippen LogP contribution in [0.2, 0.25) is 0 Å². The smallest absolute Gasteiger partial charge is 0.162 e. The molecule has 1 aromatic heterocycles. The molecule has 0 saturated carbocycles. The van der Waals surface area contributed by atoms with E-state index in [0.717, 1.165) is 0 Å². The van der Waals surface area contributed by atoms with Crippen LogP contribution in [0.3, 0.4) is 0 Å². The van der Waals surface area contributed by atoms with Crippen molar-refractivity contribution in [2.75, 3.05) is 0 Å². The number of pyridine rings is 1. The Bertz CT molecular complexity index is 301. The van der Waals surface area contributed by atoms with Gasteiger partial charge in [-0.25, -0.2) is 4.39 Å². The summed E-state index contributed by atoms with van der Waals surface area (Å²) < 4.78 is 13.0. The summed E-state index contributed by atoms with van der Waals surface area (Å²) in [7, 11) is 0. The summed E-state index contributed by atoms with van der Waals surface area (Å²) in [5.41, 5.74) is 0.418. The molecular weight excluding hydrogens is 143 g/mol. The van der Waals surface area contributed by atoms with Crippen LogP contribution in [0, 0.1) is 17.1 Å². The van der Waals surface area contributed by atoms with Crippen molar-refractivity contribution in [2.45, 2.75) is 13.3 Å². The molecule has 0 spiro atoms. The molecule has 0 amide bonds.